The van der Waals surface area contributed by atoms with Crippen molar-refractivity contribution in [3.05, 3.63) is 53.9 Å². The minimum atomic E-state index is -4.46. The van der Waals surface area contributed by atoms with Gasteiger partial charge in [-0.2, -0.15) is 23.4 Å². The van der Waals surface area contributed by atoms with E-state index < -0.39 is 20.6 Å². The zero-order chi connectivity index (χ0) is 19.7. The van der Waals surface area contributed by atoms with Crippen LogP contribution in [-0.4, -0.2) is 30.8 Å². The lowest BCUT2D eigenvalue weighted by atomic mass is 10.1. The molecule has 0 N–H and O–H groups in total. The molecule has 0 aliphatic carbocycles. The molecule has 0 bridgehead atoms. The summed E-state index contributed by atoms with van der Waals surface area (Å²) in [5.74, 6) is 0. The molecule has 0 fully saturated rings. The highest BCUT2D eigenvalue weighted by molar-refractivity contribution is 6.89. The summed E-state index contributed by atoms with van der Waals surface area (Å²) in [6.45, 7) is 6.03. The Labute approximate surface area is 159 Å². The Morgan fingerprint density at radius 2 is 1.85 bits per heavy atom. The van der Waals surface area contributed by atoms with Gasteiger partial charge in [0, 0.05) is 12.6 Å². The molecule has 0 saturated carbocycles. The molecule has 1 aliphatic rings. The van der Waals surface area contributed by atoms with Gasteiger partial charge in [0.1, 0.15) is 6.10 Å². The monoisotopic (exact) mass is 394 g/mol. The van der Waals surface area contributed by atoms with Gasteiger partial charge in [-0.05, 0) is 46.8 Å². The van der Waals surface area contributed by atoms with Crippen molar-refractivity contribution in [3.63, 3.8) is 0 Å². The molecule has 2 atom stereocenters. The second-order valence-electron chi connectivity index (χ2n) is 8.15. The molecule has 1 aliphatic heterocycles. The van der Waals surface area contributed by atoms with Crippen LogP contribution in [-0.2, 0) is 17.3 Å². The summed E-state index contributed by atoms with van der Waals surface area (Å²) in [5, 5.41) is 8.19. The van der Waals surface area contributed by atoms with Gasteiger partial charge in [-0.25, -0.2) is 0 Å². The van der Waals surface area contributed by atoms with Crippen LogP contribution in [0.3, 0.4) is 0 Å². The number of fused-ring (bicyclic) bond motifs is 1. The number of aromatic nitrogens is 2. The molecule has 0 spiro atoms. The minimum absolute atomic E-state index is 0.293. The molecule has 2 heterocycles. The summed E-state index contributed by atoms with van der Waals surface area (Å²) in [7, 11) is -2.90. The lowest BCUT2D eigenvalue weighted by Crippen LogP contribution is -2.63. The van der Waals surface area contributed by atoms with E-state index in [-0.39, 0.29) is 11.5 Å². The summed E-state index contributed by atoms with van der Waals surface area (Å²) in [4.78, 5) is 0. The Morgan fingerprint density at radius 3 is 2.48 bits per heavy atom. The maximum absolute atomic E-state index is 13.9. The van der Waals surface area contributed by atoms with E-state index in [1.807, 2.05) is 45.0 Å². The molecule has 1 aromatic carbocycles. The fourth-order valence-corrected chi connectivity index (χ4v) is 8.87. The van der Waals surface area contributed by atoms with Crippen molar-refractivity contribution in [1.29, 1.82) is 0 Å². The minimum Gasteiger partial charge on any atom is -0.400 e. The van der Waals surface area contributed by atoms with E-state index in [2.05, 4.69) is 10.2 Å². The van der Waals surface area contributed by atoms with Gasteiger partial charge in [-0.1, -0.05) is 45.0 Å². The Hall–Kier alpha value is -1.73. The van der Waals surface area contributed by atoms with E-state index in [1.54, 1.807) is 12.1 Å². The van der Waals surface area contributed by atoms with Gasteiger partial charge in [0.15, 0.2) is 0 Å². The normalized spacial score (nSPS) is 21.6. The lowest BCUT2D eigenvalue weighted by molar-refractivity contribution is -0.198. The van der Waals surface area contributed by atoms with Gasteiger partial charge in [-0.15, -0.1) is 0 Å². The zero-order valence-corrected chi connectivity index (χ0v) is 16.9. The summed E-state index contributed by atoms with van der Waals surface area (Å²) in [6.07, 6.45) is -3.46. The van der Waals surface area contributed by atoms with E-state index in [4.69, 9.17) is 4.43 Å². The first-order chi connectivity index (χ1) is 12.6. The number of nitrogens with zero attached hydrogens (tertiary/aromatic N) is 2. The summed E-state index contributed by atoms with van der Waals surface area (Å²) in [5.41, 5.74) is 1.42. The highest BCUT2D eigenvalue weighted by atomic mass is 28.4. The first-order valence-corrected chi connectivity index (χ1v) is 11.3. The molecule has 0 saturated heterocycles. The maximum Gasteiger partial charge on any atom is 0.413 e. The molecule has 146 valence electrons. The number of halogens is 3. The third-order valence-corrected chi connectivity index (χ3v) is 10.9. The number of benzene rings is 1. The largest absolute Gasteiger partial charge is 0.413 e. The summed E-state index contributed by atoms with van der Waals surface area (Å²) >= 11 is 0. The molecular formula is C20H25F3N2OSi. The molecular weight excluding hydrogens is 369 g/mol. The third kappa shape index (κ3) is 4.09. The summed E-state index contributed by atoms with van der Waals surface area (Å²) < 4.78 is 48.0. The highest BCUT2D eigenvalue weighted by Crippen LogP contribution is 2.45. The molecule has 0 radical (unpaired) electrons. The number of aryl methyl sites for hydroxylation is 1. The number of alkyl halides is 3. The van der Waals surface area contributed by atoms with Crippen LogP contribution in [0, 0.1) is 0 Å². The van der Waals surface area contributed by atoms with Crippen LogP contribution in [0.4, 0.5) is 13.2 Å². The van der Waals surface area contributed by atoms with Gasteiger partial charge in [0.05, 0.1) is 5.69 Å². The first-order valence-electron chi connectivity index (χ1n) is 9.23. The topological polar surface area (TPSA) is 35.0 Å². The van der Waals surface area contributed by atoms with Crippen molar-refractivity contribution in [2.75, 3.05) is 0 Å². The highest BCUT2D eigenvalue weighted by Gasteiger charge is 2.55. The standard InChI is InChI=1S/C20H25F3N2OSi/c1-19(2,3)27(13-7-9-15-8-4-5-11-17(15)27)26-18(20(21,22)23)14-16-10-6-12-24-25-16/h4-6,8,10-12,18H,7,9,13-14H2,1-3H3/t18-,27+/m1/s1. The summed E-state index contributed by atoms with van der Waals surface area (Å²) in [6, 6.07) is 11.7. The van der Waals surface area contributed by atoms with Crippen molar-refractivity contribution in [2.45, 2.75) is 63.4 Å². The van der Waals surface area contributed by atoms with Crippen molar-refractivity contribution in [3.8, 4) is 0 Å². The second-order valence-corrected chi connectivity index (χ2v) is 12.6. The van der Waals surface area contributed by atoms with Crippen molar-refractivity contribution in [1.82, 2.24) is 10.2 Å². The predicted octanol–water partition coefficient (Wildman–Crippen LogP) is 4.57. The smallest absolute Gasteiger partial charge is 0.400 e. The molecule has 3 rings (SSSR count). The van der Waals surface area contributed by atoms with Crippen molar-refractivity contribution >= 4 is 13.5 Å². The molecule has 0 amide bonds. The average molecular weight is 395 g/mol. The average Bonchev–Trinajstić information content (AvgIpc) is 2.60. The van der Waals surface area contributed by atoms with Crippen LogP contribution >= 0.6 is 0 Å². The van der Waals surface area contributed by atoms with E-state index in [1.165, 1.54) is 6.20 Å². The molecule has 7 heteroatoms. The van der Waals surface area contributed by atoms with Gasteiger partial charge >= 0.3 is 6.18 Å². The van der Waals surface area contributed by atoms with E-state index in [0.717, 1.165) is 23.6 Å². The van der Waals surface area contributed by atoms with Gasteiger partial charge in [-0.3, -0.25) is 0 Å². The van der Waals surface area contributed by atoms with Gasteiger partial charge < -0.3 is 4.43 Å². The first kappa shape index (κ1) is 20.0. The third-order valence-electron chi connectivity index (χ3n) is 5.37. The number of hydrogen-bond acceptors (Lipinski definition) is 3. The molecule has 1 aromatic heterocycles. The Bertz CT molecular complexity index is 777. The van der Waals surface area contributed by atoms with E-state index >= 15 is 0 Å². The zero-order valence-electron chi connectivity index (χ0n) is 15.9. The molecule has 2 aromatic rings. The fourth-order valence-electron chi connectivity index (χ4n) is 3.97. The van der Waals surface area contributed by atoms with Crippen LogP contribution < -0.4 is 5.19 Å². The fraction of sp³-hybridized carbons (Fsp3) is 0.500. The quantitative estimate of drug-likeness (QED) is 0.713. The second kappa shape index (κ2) is 7.35. The van der Waals surface area contributed by atoms with Crippen molar-refractivity contribution in [2.24, 2.45) is 0 Å². The molecule has 27 heavy (non-hydrogen) atoms. The SMILES string of the molecule is CC(C)(C)[Si@]1(O[C@H](Cc2cccnn2)C(F)(F)F)CCCc2ccccc21. The lowest BCUT2D eigenvalue weighted by Gasteiger charge is -2.47. The van der Waals surface area contributed by atoms with Gasteiger partial charge in [0.2, 0.25) is 8.32 Å². The van der Waals surface area contributed by atoms with Crippen molar-refractivity contribution < 1.29 is 17.6 Å². The molecule has 0 unspecified atom stereocenters. The Balaban J connectivity index is 2.03. The van der Waals surface area contributed by atoms with E-state index in [0.29, 0.717) is 11.7 Å². The van der Waals surface area contributed by atoms with E-state index in [9.17, 15) is 13.2 Å². The van der Waals surface area contributed by atoms with Crippen LogP contribution in [0.1, 0.15) is 38.4 Å². The van der Waals surface area contributed by atoms with Gasteiger partial charge in [0.25, 0.3) is 0 Å². The van der Waals surface area contributed by atoms with Crippen LogP contribution in [0.15, 0.2) is 42.6 Å². The number of rotatable bonds is 4. The van der Waals surface area contributed by atoms with Crippen LogP contribution in [0.2, 0.25) is 11.1 Å². The predicted molar refractivity (Wildman–Crippen MR) is 101 cm³/mol. The number of hydrogen-bond donors (Lipinski definition) is 0. The molecule has 3 nitrogen and oxygen atoms in total. The Kier molecular flexibility index (Phi) is 5.45. The maximum atomic E-state index is 13.9. The van der Waals surface area contributed by atoms with Crippen LogP contribution in [0.25, 0.3) is 0 Å². The van der Waals surface area contributed by atoms with Crippen LogP contribution in [0.5, 0.6) is 0 Å². The Morgan fingerprint density at radius 1 is 1.11 bits per heavy atom.